The third-order valence-electron chi connectivity index (χ3n) is 4.58. The number of esters is 1. The van der Waals surface area contributed by atoms with Crippen LogP contribution >= 0.6 is 0 Å². The number of phenolic OH excluding ortho intramolecular Hbond substituents is 2. The molecule has 0 bridgehead atoms. The zero-order valence-electron chi connectivity index (χ0n) is 15.5. The minimum absolute atomic E-state index is 0.137. The van der Waals surface area contributed by atoms with Crippen LogP contribution in [0.1, 0.15) is 16.2 Å². The normalized spacial score (nSPS) is 11.8. The summed E-state index contributed by atoms with van der Waals surface area (Å²) < 4.78 is 5.04. The van der Waals surface area contributed by atoms with Gasteiger partial charge in [-0.3, -0.25) is 0 Å². The van der Waals surface area contributed by atoms with Crippen LogP contribution in [0.4, 0.5) is 0 Å². The number of aromatic amines is 1. The number of rotatable bonds is 4. The van der Waals surface area contributed by atoms with Gasteiger partial charge in [0.05, 0.1) is 11.0 Å². The van der Waals surface area contributed by atoms with E-state index >= 15 is 0 Å². The second-order valence-electron chi connectivity index (χ2n) is 6.45. The zero-order valence-corrected chi connectivity index (χ0v) is 15.5. The Morgan fingerprint density at radius 2 is 1.80 bits per heavy atom. The molecule has 1 aromatic heterocycles. The summed E-state index contributed by atoms with van der Waals surface area (Å²) in [6.45, 7) is -0.619. The van der Waals surface area contributed by atoms with E-state index in [0.29, 0.717) is 16.4 Å². The predicted octanol–water partition coefficient (Wildman–Crippen LogP) is 3.78. The van der Waals surface area contributed by atoms with E-state index in [1.807, 2.05) is 6.07 Å². The number of imidazole rings is 1. The van der Waals surface area contributed by atoms with Crippen molar-refractivity contribution in [2.24, 2.45) is 0 Å². The third kappa shape index (κ3) is 3.25. The summed E-state index contributed by atoms with van der Waals surface area (Å²) in [5.74, 6) is -1.89. The molecule has 4 N–H and O–H groups in total. The van der Waals surface area contributed by atoms with Gasteiger partial charge in [0.15, 0.2) is 11.6 Å². The molecule has 0 saturated carbocycles. The Labute approximate surface area is 169 Å². The SMILES string of the molecule is N#C/C(=C(/O)COC(=O)c1cc(O)c2ccccc2c1O)c1nc2ccccc2[nH]1. The van der Waals surface area contributed by atoms with E-state index < -0.39 is 18.3 Å². The molecule has 30 heavy (non-hydrogen) atoms. The molecule has 3 aromatic carbocycles. The van der Waals surface area contributed by atoms with Crippen molar-refractivity contribution in [1.82, 2.24) is 9.97 Å². The second-order valence-corrected chi connectivity index (χ2v) is 6.45. The number of fused-ring (bicyclic) bond motifs is 2. The minimum atomic E-state index is -0.970. The number of carbonyl (C=O) groups is 1. The summed E-state index contributed by atoms with van der Waals surface area (Å²) in [6, 6.07) is 16.5. The predicted molar refractivity (Wildman–Crippen MR) is 109 cm³/mol. The van der Waals surface area contributed by atoms with Crippen molar-refractivity contribution in [2.75, 3.05) is 6.61 Å². The van der Waals surface area contributed by atoms with Crippen LogP contribution in [-0.2, 0) is 4.74 Å². The van der Waals surface area contributed by atoms with Gasteiger partial charge >= 0.3 is 5.97 Å². The summed E-state index contributed by atoms with van der Waals surface area (Å²) in [7, 11) is 0. The van der Waals surface area contributed by atoms with Crippen molar-refractivity contribution in [1.29, 1.82) is 5.26 Å². The first kappa shape index (κ1) is 18.8. The van der Waals surface area contributed by atoms with Gasteiger partial charge in [0, 0.05) is 10.8 Å². The van der Waals surface area contributed by atoms with Gasteiger partial charge in [-0.05, 0) is 18.2 Å². The van der Waals surface area contributed by atoms with E-state index in [0.717, 1.165) is 6.07 Å². The first-order valence-corrected chi connectivity index (χ1v) is 8.87. The van der Waals surface area contributed by atoms with E-state index in [-0.39, 0.29) is 33.8 Å². The minimum Gasteiger partial charge on any atom is -0.507 e. The van der Waals surface area contributed by atoms with Crippen molar-refractivity contribution >= 4 is 33.3 Å². The van der Waals surface area contributed by atoms with E-state index in [2.05, 4.69) is 9.97 Å². The maximum atomic E-state index is 12.4. The lowest BCUT2D eigenvalue weighted by molar-refractivity contribution is 0.0499. The molecular weight excluding hydrogens is 386 g/mol. The van der Waals surface area contributed by atoms with Crippen molar-refractivity contribution in [3.63, 3.8) is 0 Å². The number of nitriles is 1. The molecule has 0 aliphatic heterocycles. The molecule has 0 atom stereocenters. The van der Waals surface area contributed by atoms with Gasteiger partial charge < -0.3 is 25.0 Å². The van der Waals surface area contributed by atoms with Crippen LogP contribution in [0, 0.1) is 11.3 Å². The Morgan fingerprint density at radius 3 is 2.53 bits per heavy atom. The Bertz CT molecular complexity index is 1330. The average molecular weight is 401 g/mol. The first-order valence-electron chi connectivity index (χ1n) is 8.87. The molecule has 0 aliphatic rings. The molecule has 0 radical (unpaired) electrons. The van der Waals surface area contributed by atoms with Crippen LogP contribution in [0.3, 0.4) is 0 Å². The third-order valence-corrected chi connectivity index (χ3v) is 4.58. The second kappa shape index (κ2) is 7.48. The molecule has 1 heterocycles. The number of benzene rings is 3. The highest BCUT2D eigenvalue weighted by atomic mass is 16.5. The van der Waals surface area contributed by atoms with Gasteiger partial charge in [-0.2, -0.15) is 5.26 Å². The van der Waals surface area contributed by atoms with E-state index in [4.69, 9.17) is 4.74 Å². The highest BCUT2D eigenvalue weighted by Gasteiger charge is 2.20. The highest BCUT2D eigenvalue weighted by molar-refractivity contribution is 6.03. The number of aromatic hydroxyl groups is 2. The Morgan fingerprint density at radius 1 is 1.10 bits per heavy atom. The standard InChI is InChI=1S/C22H15N3O5/c23-10-15(21-24-16-7-3-4-8-17(16)25-21)19(27)11-30-22(29)14-9-18(26)12-5-1-2-6-13(12)20(14)28/h1-9,26-28H,11H2,(H,24,25)/b19-15-. The molecule has 4 aromatic rings. The number of nitrogens with zero attached hydrogens (tertiary/aromatic N) is 2. The van der Waals surface area contributed by atoms with Crippen molar-refractivity contribution in [3.05, 3.63) is 71.7 Å². The number of hydrogen-bond donors (Lipinski definition) is 4. The molecule has 0 amide bonds. The molecule has 0 spiro atoms. The summed E-state index contributed by atoms with van der Waals surface area (Å²) in [6.07, 6.45) is 0. The highest BCUT2D eigenvalue weighted by Crippen LogP contribution is 2.35. The molecule has 0 saturated heterocycles. The fourth-order valence-corrected chi connectivity index (χ4v) is 3.11. The lowest BCUT2D eigenvalue weighted by Gasteiger charge is -2.10. The van der Waals surface area contributed by atoms with Gasteiger partial charge in [-0.15, -0.1) is 0 Å². The monoisotopic (exact) mass is 401 g/mol. The van der Waals surface area contributed by atoms with Crippen LogP contribution in [0.5, 0.6) is 11.5 Å². The number of ether oxygens (including phenoxy) is 1. The van der Waals surface area contributed by atoms with Crippen LogP contribution < -0.4 is 0 Å². The largest absolute Gasteiger partial charge is 0.507 e. The van der Waals surface area contributed by atoms with Gasteiger partial charge in [-0.25, -0.2) is 9.78 Å². The first-order chi connectivity index (χ1) is 14.5. The Balaban J connectivity index is 1.60. The summed E-state index contributed by atoms with van der Waals surface area (Å²) >= 11 is 0. The average Bonchev–Trinajstić information content (AvgIpc) is 3.18. The van der Waals surface area contributed by atoms with Gasteiger partial charge in [0.1, 0.15) is 35.3 Å². The summed E-state index contributed by atoms with van der Waals surface area (Å²) in [4.78, 5) is 19.6. The molecule has 0 fully saturated rings. The Hall–Kier alpha value is -4.51. The van der Waals surface area contributed by atoms with E-state index in [1.54, 1.807) is 48.5 Å². The molecule has 8 heteroatoms. The molecular formula is C22H15N3O5. The molecule has 0 unspecified atom stereocenters. The Kier molecular flexibility index (Phi) is 4.70. The summed E-state index contributed by atoms with van der Waals surface area (Å²) in [5, 5.41) is 40.8. The number of aliphatic hydroxyl groups is 1. The van der Waals surface area contributed by atoms with Crippen molar-refractivity contribution in [3.8, 4) is 17.6 Å². The number of allylic oxidation sites excluding steroid dienone is 1. The fraction of sp³-hybridized carbons (Fsp3) is 0.0455. The maximum absolute atomic E-state index is 12.4. The van der Waals surface area contributed by atoms with E-state index in [1.165, 1.54) is 0 Å². The number of aliphatic hydroxyl groups excluding tert-OH is 1. The number of aromatic nitrogens is 2. The number of carbonyl (C=O) groups excluding carboxylic acids is 1. The van der Waals surface area contributed by atoms with Gasteiger partial charge in [-0.1, -0.05) is 36.4 Å². The lowest BCUT2D eigenvalue weighted by atomic mass is 10.0. The number of hydrogen-bond acceptors (Lipinski definition) is 7. The van der Waals surface area contributed by atoms with Gasteiger partial charge in [0.25, 0.3) is 0 Å². The summed E-state index contributed by atoms with van der Waals surface area (Å²) in [5.41, 5.74) is 0.856. The van der Waals surface area contributed by atoms with Crippen molar-refractivity contribution < 1.29 is 24.9 Å². The maximum Gasteiger partial charge on any atom is 0.342 e. The quantitative estimate of drug-likeness (QED) is 0.177. The molecule has 8 nitrogen and oxygen atoms in total. The topological polar surface area (TPSA) is 139 Å². The van der Waals surface area contributed by atoms with Gasteiger partial charge in [0.2, 0.25) is 0 Å². The fourth-order valence-electron chi connectivity index (χ4n) is 3.11. The number of nitrogens with one attached hydrogen (secondary N) is 1. The van der Waals surface area contributed by atoms with Crippen LogP contribution in [0.2, 0.25) is 0 Å². The molecule has 4 rings (SSSR count). The van der Waals surface area contributed by atoms with E-state index in [9.17, 15) is 25.4 Å². The number of para-hydroxylation sites is 2. The van der Waals surface area contributed by atoms with Crippen LogP contribution in [0.25, 0.3) is 27.4 Å². The lowest BCUT2D eigenvalue weighted by Crippen LogP contribution is -2.10. The number of phenols is 2. The van der Waals surface area contributed by atoms with Crippen molar-refractivity contribution in [2.45, 2.75) is 0 Å². The van der Waals surface area contributed by atoms with Crippen LogP contribution in [0.15, 0.2) is 60.4 Å². The smallest absolute Gasteiger partial charge is 0.342 e. The zero-order chi connectivity index (χ0) is 21.3. The van der Waals surface area contributed by atoms with Crippen LogP contribution in [-0.4, -0.2) is 37.9 Å². The molecule has 148 valence electrons. The molecule has 0 aliphatic carbocycles. The number of H-pyrrole nitrogens is 1.